The molecule has 2 rings (SSSR count). The van der Waals surface area contributed by atoms with Crippen LogP contribution in [0, 0.1) is 0 Å². The molecule has 0 bridgehead atoms. The van der Waals surface area contributed by atoms with Gasteiger partial charge >= 0.3 is 0 Å². The predicted octanol–water partition coefficient (Wildman–Crippen LogP) is 3.51. The second kappa shape index (κ2) is 5.13. The first-order chi connectivity index (χ1) is 7.81. The molecule has 1 aliphatic carbocycles. The van der Waals surface area contributed by atoms with Crippen molar-refractivity contribution in [3.05, 3.63) is 54.1 Å². The number of rotatable bonds is 5. The lowest BCUT2D eigenvalue weighted by atomic mass is 9.93. The van der Waals surface area contributed by atoms with Crippen LogP contribution in [0.1, 0.15) is 36.3 Å². The molecule has 0 saturated carbocycles. The minimum Gasteiger partial charge on any atom is -0.393 e. The third kappa shape index (κ3) is 2.42. The molecule has 0 spiro atoms. The molecule has 1 aromatic rings. The Balaban J connectivity index is 1.98. The third-order valence-electron chi connectivity index (χ3n) is 3.13. The van der Waals surface area contributed by atoms with Crippen molar-refractivity contribution >= 4 is 6.08 Å². The molecular weight excluding hydrogens is 196 g/mol. The summed E-state index contributed by atoms with van der Waals surface area (Å²) in [4.78, 5) is 0. The second-order valence-electron chi connectivity index (χ2n) is 4.35. The van der Waals surface area contributed by atoms with E-state index in [9.17, 15) is 5.11 Å². The second-order valence-corrected chi connectivity index (χ2v) is 4.35. The van der Waals surface area contributed by atoms with Gasteiger partial charge in [-0.15, -0.1) is 6.58 Å². The summed E-state index contributed by atoms with van der Waals surface area (Å²) >= 11 is 0. The zero-order valence-corrected chi connectivity index (χ0v) is 9.47. The highest BCUT2D eigenvalue weighted by molar-refractivity contribution is 5.62. The summed E-state index contributed by atoms with van der Waals surface area (Å²) in [5.74, 6) is 0.385. The Bertz CT molecular complexity index is 392. The zero-order valence-electron chi connectivity index (χ0n) is 9.47. The maximum absolute atomic E-state index is 9.88. The Morgan fingerprint density at radius 2 is 2.19 bits per heavy atom. The number of hydrogen-bond acceptors (Lipinski definition) is 1. The van der Waals surface area contributed by atoms with Crippen molar-refractivity contribution in [1.29, 1.82) is 0 Å². The van der Waals surface area contributed by atoms with Gasteiger partial charge in [0.25, 0.3) is 0 Å². The van der Waals surface area contributed by atoms with Crippen molar-refractivity contribution in [2.24, 2.45) is 0 Å². The van der Waals surface area contributed by atoms with E-state index in [1.165, 1.54) is 11.1 Å². The van der Waals surface area contributed by atoms with Crippen LogP contribution >= 0.6 is 0 Å². The fraction of sp³-hybridized carbons (Fsp3) is 0.333. The number of aliphatic hydroxyl groups excluding tert-OH is 1. The number of fused-ring (bicyclic) bond motifs is 1. The lowest BCUT2D eigenvalue weighted by Gasteiger charge is -2.15. The topological polar surface area (TPSA) is 20.2 Å². The van der Waals surface area contributed by atoms with Crippen LogP contribution in [0.2, 0.25) is 0 Å². The summed E-state index contributed by atoms with van der Waals surface area (Å²) in [5.41, 5.74) is 2.64. The molecule has 1 aliphatic rings. The molecule has 1 heteroatoms. The van der Waals surface area contributed by atoms with Crippen molar-refractivity contribution in [2.45, 2.75) is 31.3 Å². The van der Waals surface area contributed by atoms with Gasteiger partial charge in [-0.25, -0.2) is 0 Å². The molecule has 0 radical (unpaired) electrons. The van der Waals surface area contributed by atoms with Gasteiger partial charge in [0.1, 0.15) is 0 Å². The number of benzene rings is 1. The van der Waals surface area contributed by atoms with Crippen molar-refractivity contribution in [2.75, 3.05) is 0 Å². The van der Waals surface area contributed by atoms with Gasteiger partial charge < -0.3 is 5.11 Å². The van der Waals surface area contributed by atoms with Gasteiger partial charge in [-0.05, 0) is 30.4 Å². The van der Waals surface area contributed by atoms with E-state index in [-0.39, 0.29) is 6.10 Å². The number of aliphatic hydroxyl groups is 1. The Hall–Kier alpha value is -1.34. The minimum absolute atomic E-state index is 0.223. The van der Waals surface area contributed by atoms with E-state index in [1.807, 2.05) is 6.08 Å². The molecule has 0 amide bonds. The molecule has 0 heterocycles. The van der Waals surface area contributed by atoms with Gasteiger partial charge in [0, 0.05) is 5.92 Å². The fourth-order valence-electron chi connectivity index (χ4n) is 2.25. The fourth-order valence-corrected chi connectivity index (χ4v) is 2.25. The summed E-state index contributed by atoms with van der Waals surface area (Å²) in [6.07, 6.45) is 8.51. The molecule has 0 aromatic heterocycles. The van der Waals surface area contributed by atoms with Crippen LogP contribution in [-0.4, -0.2) is 11.2 Å². The van der Waals surface area contributed by atoms with E-state index < -0.39 is 0 Å². The Morgan fingerprint density at radius 3 is 3.00 bits per heavy atom. The number of allylic oxidation sites excluding steroid dienone is 2. The number of hydrogen-bond donors (Lipinski definition) is 1. The quantitative estimate of drug-likeness (QED) is 0.744. The van der Waals surface area contributed by atoms with Crippen LogP contribution < -0.4 is 0 Å². The average Bonchev–Trinajstić information content (AvgIpc) is 2.70. The predicted molar refractivity (Wildman–Crippen MR) is 68.3 cm³/mol. The SMILES string of the molecule is C=CCCC(O)CC1C=Cc2ccccc21. The Kier molecular flexibility index (Phi) is 3.58. The summed E-state index contributed by atoms with van der Waals surface area (Å²) in [6.45, 7) is 3.68. The van der Waals surface area contributed by atoms with Crippen molar-refractivity contribution in [1.82, 2.24) is 0 Å². The minimum atomic E-state index is -0.223. The molecule has 0 fully saturated rings. The van der Waals surface area contributed by atoms with E-state index in [0.717, 1.165) is 19.3 Å². The van der Waals surface area contributed by atoms with Crippen molar-refractivity contribution in [3.8, 4) is 0 Å². The summed E-state index contributed by atoms with van der Waals surface area (Å²) in [6, 6.07) is 8.40. The highest BCUT2D eigenvalue weighted by Crippen LogP contribution is 2.33. The highest BCUT2D eigenvalue weighted by atomic mass is 16.3. The molecule has 16 heavy (non-hydrogen) atoms. The van der Waals surface area contributed by atoms with Gasteiger partial charge in [0.05, 0.1) is 6.10 Å². The first-order valence-electron chi connectivity index (χ1n) is 5.87. The van der Waals surface area contributed by atoms with Gasteiger partial charge in [0.15, 0.2) is 0 Å². The first-order valence-corrected chi connectivity index (χ1v) is 5.87. The molecular formula is C15H18O. The highest BCUT2D eigenvalue weighted by Gasteiger charge is 2.19. The van der Waals surface area contributed by atoms with E-state index in [0.29, 0.717) is 5.92 Å². The largest absolute Gasteiger partial charge is 0.393 e. The maximum atomic E-state index is 9.88. The van der Waals surface area contributed by atoms with Gasteiger partial charge in [-0.1, -0.05) is 42.5 Å². The van der Waals surface area contributed by atoms with Crippen molar-refractivity contribution in [3.63, 3.8) is 0 Å². The van der Waals surface area contributed by atoms with Crippen LogP contribution in [0.25, 0.3) is 6.08 Å². The molecule has 2 unspecified atom stereocenters. The molecule has 0 aliphatic heterocycles. The monoisotopic (exact) mass is 214 g/mol. The van der Waals surface area contributed by atoms with Crippen LogP contribution in [0.4, 0.5) is 0 Å². The first kappa shape index (κ1) is 11.2. The zero-order chi connectivity index (χ0) is 11.4. The van der Waals surface area contributed by atoms with E-state index in [2.05, 4.69) is 43.0 Å². The molecule has 84 valence electrons. The lowest BCUT2D eigenvalue weighted by molar-refractivity contribution is 0.152. The Morgan fingerprint density at radius 1 is 1.38 bits per heavy atom. The smallest absolute Gasteiger partial charge is 0.0552 e. The molecule has 1 N–H and O–H groups in total. The Labute approximate surface area is 97.1 Å². The van der Waals surface area contributed by atoms with Crippen molar-refractivity contribution < 1.29 is 5.11 Å². The standard InChI is InChI=1S/C15H18O/c1-2-3-7-14(16)11-13-10-9-12-6-4-5-8-15(12)13/h2,4-6,8-10,13-14,16H,1,3,7,11H2. The van der Waals surface area contributed by atoms with Crippen LogP contribution in [0.3, 0.4) is 0 Å². The summed E-state index contributed by atoms with van der Waals surface area (Å²) < 4.78 is 0. The van der Waals surface area contributed by atoms with Gasteiger partial charge in [-0.3, -0.25) is 0 Å². The third-order valence-corrected chi connectivity index (χ3v) is 3.13. The lowest BCUT2D eigenvalue weighted by Crippen LogP contribution is -2.10. The average molecular weight is 214 g/mol. The summed E-state index contributed by atoms with van der Waals surface area (Å²) in [5, 5.41) is 9.88. The van der Waals surface area contributed by atoms with E-state index in [1.54, 1.807) is 0 Å². The summed E-state index contributed by atoms with van der Waals surface area (Å²) in [7, 11) is 0. The molecule has 1 nitrogen and oxygen atoms in total. The van der Waals surface area contributed by atoms with Crippen LogP contribution in [0.15, 0.2) is 43.0 Å². The molecule has 2 atom stereocenters. The van der Waals surface area contributed by atoms with E-state index >= 15 is 0 Å². The van der Waals surface area contributed by atoms with Crippen LogP contribution in [0.5, 0.6) is 0 Å². The normalized spacial score (nSPS) is 19.4. The molecule has 1 aromatic carbocycles. The van der Waals surface area contributed by atoms with Gasteiger partial charge in [-0.2, -0.15) is 0 Å². The molecule has 0 saturated heterocycles. The maximum Gasteiger partial charge on any atom is 0.0552 e. The van der Waals surface area contributed by atoms with Crippen LogP contribution in [-0.2, 0) is 0 Å². The van der Waals surface area contributed by atoms with E-state index in [4.69, 9.17) is 0 Å². The van der Waals surface area contributed by atoms with Gasteiger partial charge in [0.2, 0.25) is 0 Å².